The summed E-state index contributed by atoms with van der Waals surface area (Å²) in [6.45, 7) is 2.75. The van der Waals surface area contributed by atoms with E-state index in [0.29, 0.717) is 25.9 Å². The molecule has 150 valence electrons. The van der Waals surface area contributed by atoms with Crippen molar-refractivity contribution in [3.05, 3.63) is 28.5 Å². The van der Waals surface area contributed by atoms with Gasteiger partial charge in [-0.3, -0.25) is 19.0 Å². The van der Waals surface area contributed by atoms with Crippen molar-refractivity contribution in [3.8, 4) is 5.75 Å². The zero-order valence-electron chi connectivity index (χ0n) is 15.9. The van der Waals surface area contributed by atoms with Crippen molar-refractivity contribution < 1.29 is 19.2 Å². The first kappa shape index (κ1) is 19.4. The third-order valence-corrected chi connectivity index (χ3v) is 4.92. The normalized spacial score (nSPS) is 14.8. The van der Waals surface area contributed by atoms with E-state index in [-0.39, 0.29) is 29.3 Å². The molecule has 1 saturated heterocycles. The first-order valence-corrected chi connectivity index (χ1v) is 8.78. The van der Waals surface area contributed by atoms with Gasteiger partial charge in [0.1, 0.15) is 12.0 Å². The second kappa shape index (κ2) is 7.71. The minimum Gasteiger partial charge on any atom is -0.501 e. The van der Waals surface area contributed by atoms with E-state index in [9.17, 15) is 19.5 Å². The highest BCUT2D eigenvalue weighted by atomic mass is 16.5. The predicted molar refractivity (Wildman–Crippen MR) is 99.3 cm³/mol. The average molecular weight is 390 g/mol. The van der Waals surface area contributed by atoms with E-state index < -0.39 is 17.2 Å². The number of likely N-dealkylation sites (tertiary alicyclic amines) is 1. The molecule has 2 aromatic rings. The SMILES string of the molecule is CC(=O)N1CCC(N(C)c2nc(C(=O)Nc3cnoc3)c(O)c(=O)n2C)CC1. The molecule has 2 amide bonds. The lowest BCUT2D eigenvalue weighted by Crippen LogP contribution is -2.46. The highest BCUT2D eigenvalue weighted by Gasteiger charge is 2.28. The lowest BCUT2D eigenvalue weighted by atomic mass is 10.0. The lowest BCUT2D eigenvalue weighted by Gasteiger charge is -2.37. The summed E-state index contributed by atoms with van der Waals surface area (Å²) in [6, 6.07) is 0.0345. The van der Waals surface area contributed by atoms with E-state index in [4.69, 9.17) is 0 Å². The first-order valence-electron chi connectivity index (χ1n) is 8.78. The van der Waals surface area contributed by atoms with Crippen molar-refractivity contribution >= 4 is 23.5 Å². The second-order valence-electron chi connectivity index (χ2n) is 6.69. The number of anilines is 2. The molecule has 1 fully saturated rings. The molecule has 0 bridgehead atoms. The monoisotopic (exact) mass is 390 g/mol. The van der Waals surface area contributed by atoms with Crippen molar-refractivity contribution in [1.82, 2.24) is 19.6 Å². The van der Waals surface area contributed by atoms with Gasteiger partial charge in [0.25, 0.3) is 11.5 Å². The van der Waals surface area contributed by atoms with Crippen LogP contribution in [0.25, 0.3) is 0 Å². The molecular formula is C17H22N6O5. The number of carbonyl (C=O) groups excluding carboxylic acids is 2. The lowest BCUT2D eigenvalue weighted by molar-refractivity contribution is -0.129. The van der Waals surface area contributed by atoms with Crippen LogP contribution in [0.2, 0.25) is 0 Å². The van der Waals surface area contributed by atoms with Gasteiger partial charge < -0.3 is 24.7 Å². The molecule has 3 rings (SSSR count). The number of piperidine rings is 1. The number of aromatic hydroxyl groups is 1. The van der Waals surface area contributed by atoms with Crippen LogP contribution in [0.5, 0.6) is 5.75 Å². The van der Waals surface area contributed by atoms with Gasteiger partial charge >= 0.3 is 0 Å². The third-order valence-electron chi connectivity index (χ3n) is 4.92. The Hall–Kier alpha value is -3.37. The van der Waals surface area contributed by atoms with Gasteiger partial charge in [0.15, 0.2) is 5.69 Å². The molecule has 0 unspecified atom stereocenters. The van der Waals surface area contributed by atoms with Crippen LogP contribution in [0.1, 0.15) is 30.3 Å². The summed E-state index contributed by atoms with van der Waals surface area (Å²) in [7, 11) is 3.25. The number of nitrogens with one attached hydrogen (secondary N) is 1. The maximum absolute atomic E-state index is 12.5. The smallest absolute Gasteiger partial charge is 0.297 e. The molecule has 28 heavy (non-hydrogen) atoms. The Morgan fingerprint density at radius 2 is 2.04 bits per heavy atom. The highest BCUT2D eigenvalue weighted by molar-refractivity contribution is 6.04. The molecule has 0 aliphatic carbocycles. The Balaban J connectivity index is 1.86. The first-order chi connectivity index (χ1) is 13.3. The summed E-state index contributed by atoms with van der Waals surface area (Å²) in [6.07, 6.45) is 3.90. The highest BCUT2D eigenvalue weighted by Crippen LogP contribution is 2.22. The molecule has 0 aromatic carbocycles. The van der Waals surface area contributed by atoms with Crippen LogP contribution in [-0.4, -0.2) is 62.7 Å². The Labute approximate surface area is 160 Å². The molecule has 1 aliphatic heterocycles. The summed E-state index contributed by atoms with van der Waals surface area (Å²) in [5.74, 6) is -1.21. The van der Waals surface area contributed by atoms with Crippen molar-refractivity contribution in [2.75, 3.05) is 30.4 Å². The molecular weight excluding hydrogens is 368 g/mol. The molecule has 3 heterocycles. The Bertz CT molecular complexity index is 930. The van der Waals surface area contributed by atoms with Gasteiger partial charge in [-0.05, 0) is 12.8 Å². The van der Waals surface area contributed by atoms with Crippen molar-refractivity contribution in [2.24, 2.45) is 7.05 Å². The minimum absolute atomic E-state index is 0.0314. The summed E-state index contributed by atoms with van der Waals surface area (Å²) < 4.78 is 5.84. The number of rotatable bonds is 4. The average Bonchev–Trinajstić information content (AvgIpc) is 3.19. The van der Waals surface area contributed by atoms with E-state index in [1.807, 2.05) is 0 Å². The molecule has 2 N–H and O–H groups in total. The van der Waals surface area contributed by atoms with Gasteiger partial charge in [0.2, 0.25) is 17.6 Å². The molecule has 0 saturated carbocycles. The number of amides is 2. The van der Waals surface area contributed by atoms with E-state index in [0.717, 1.165) is 0 Å². The van der Waals surface area contributed by atoms with Gasteiger partial charge in [0, 0.05) is 40.2 Å². The van der Waals surface area contributed by atoms with Crippen LogP contribution in [0.4, 0.5) is 11.6 Å². The topological polar surface area (TPSA) is 134 Å². The van der Waals surface area contributed by atoms with Gasteiger partial charge in [-0.2, -0.15) is 0 Å². The van der Waals surface area contributed by atoms with E-state index >= 15 is 0 Å². The largest absolute Gasteiger partial charge is 0.501 e. The van der Waals surface area contributed by atoms with Crippen molar-refractivity contribution in [1.29, 1.82) is 0 Å². The van der Waals surface area contributed by atoms with E-state index in [2.05, 4.69) is 20.0 Å². The standard InChI is InChI=1S/C17H22N6O5/c1-10(24)23-6-4-12(5-7-23)21(2)17-20-13(14(25)16(27)22(17)3)15(26)19-11-8-18-28-9-11/h8-9,12,25H,4-7H2,1-3H3,(H,19,26). The number of hydrogen-bond acceptors (Lipinski definition) is 8. The fraction of sp³-hybridized carbons (Fsp3) is 0.471. The Kier molecular flexibility index (Phi) is 5.34. The van der Waals surface area contributed by atoms with Crippen LogP contribution in [0.3, 0.4) is 0 Å². The maximum atomic E-state index is 12.5. The van der Waals surface area contributed by atoms with Gasteiger partial charge in [-0.25, -0.2) is 4.98 Å². The van der Waals surface area contributed by atoms with Crippen molar-refractivity contribution in [3.63, 3.8) is 0 Å². The molecule has 11 nitrogen and oxygen atoms in total. The van der Waals surface area contributed by atoms with Gasteiger partial charge in [-0.1, -0.05) is 5.16 Å². The van der Waals surface area contributed by atoms with Gasteiger partial charge in [-0.15, -0.1) is 0 Å². The zero-order valence-corrected chi connectivity index (χ0v) is 15.9. The van der Waals surface area contributed by atoms with E-state index in [1.54, 1.807) is 16.8 Å². The molecule has 0 spiro atoms. The Morgan fingerprint density at radius 3 is 2.61 bits per heavy atom. The van der Waals surface area contributed by atoms with Crippen LogP contribution >= 0.6 is 0 Å². The maximum Gasteiger partial charge on any atom is 0.297 e. The summed E-state index contributed by atoms with van der Waals surface area (Å²) in [5, 5.41) is 16.1. The molecule has 1 aliphatic rings. The summed E-state index contributed by atoms with van der Waals surface area (Å²) in [5.41, 5.74) is -0.834. The van der Waals surface area contributed by atoms with Crippen LogP contribution in [0, 0.1) is 0 Å². The number of carbonyl (C=O) groups is 2. The summed E-state index contributed by atoms with van der Waals surface area (Å²) >= 11 is 0. The quantitative estimate of drug-likeness (QED) is 0.755. The third kappa shape index (κ3) is 3.68. The van der Waals surface area contributed by atoms with Gasteiger partial charge in [0.05, 0.1) is 6.20 Å². The second-order valence-corrected chi connectivity index (χ2v) is 6.69. The molecule has 0 atom stereocenters. The predicted octanol–water partition coefficient (Wildman–Crippen LogP) is 0.173. The fourth-order valence-corrected chi connectivity index (χ4v) is 3.24. The number of nitrogens with zero attached hydrogens (tertiary/aromatic N) is 5. The van der Waals surface area contributed by atoms with Crippen LogP contribution in [0.15, 0.2) is 21.8 Å². The molecule has 2 aromatic heterocycles. The van der Waals surface area contributed by atoms with Crippen LogP contribution in [-0.2, 0) is 11.8 Å². The molecule has 11 heteroatoms. The Morgan fingerprint density at radius 1 is 1.36 bits per heavy atom. The summed E-state index contributed by atoms with van der Waals surface area (Å²) in [4.78, 5) is 44.2. The number of hydrogen-bond donors (Lipinski definition) is 2. The molecule has 0 radical (unpaired) electrons. The van der Waals surface area contributed by atoms with Crippen LogP contribution < -0.4 is 15.8 Å². The minimum atomic E-state index is -0.751. The zero-order chi connectivity index (χ0) is 20.4. The van der Waals surface area contributed by atoms with E-state index in [1.165, 1.54) is 31.0 Å². The fourth-order valence-electron chi connectivity index (χ4n) is 3.24. The number of aromatic nitrogens is 3. The van der Waals surface area contributed by atoms with Crippen molar-refractivity contribution in [2.45, 2.75) is 25.8 Å².